The molecular weight excluding hydrogens is 454 g/mol. The SMILES string of the molecule is C=CC(=O)Nc1ccc(C(=O)Nc2cccc(Nc3nccc(-c4cnc5[nH]ccc5c4)n3)c2)cc1. The van der Waals surface area contributed by atoms with E-state index in [1.807, 2.05) is 36.5 Å². The number of benzene rings is 2. The summed E-state index contributed by atoms with van der Waals surface area (Å²) in [6, 6.07) is 19.6. The monoisotopic (exact) mass is 475 g/mol. The number of fused-ring (bicyclic) bond motifs is 1. The van der Waals surface area contributed by atoms with Gasteiger partial charge in [0, 0.05) is 52.2 Å². The number of aromatic nitrogens is 4. The summed E-state index contributed by atoms with van der Waals surface area (Å²) in [7, 11) is 0. The zero-order valence-corrected chi connectivity index (χ0v) is 19.0. The van der Waals surface area contributed by atoms with E-state index >= 15 is 0 Å². The van der Waals surface area contributed by atoms with Crippen LogP contribution in [-0.4, -0.2) is 31.8 Å². The van der Waals surface area contributed by atoms with Gasteiger partial charge in [0.1, 0.15) is 5.65 Å². The molecule has 5 aromatic rings. The molecule has 0 saturated carbocycles. The average molecular weight is 476 g/mol. The molecule has 0 fully saturated rings. The van der Waals surface area contributed by atoms with Gasteiger partial charge in [-0.2, -0.15) is 0 Å². The lowest BCUT2D eigenvalue weighted by molar-refractivity contribution is -0.111. The van der Waals surface area contributed by atoms with E-state index < -0.39 is 0 Å². The van der Waals surface area contributed by atoms with E-state index in [2.05, 4.69) is 42.5 Å². The Kier molecular flexibility index (Phi) is 6.18. The zero-order valence-electron chi connectivity index (χ0n) is 19.0. The summed E-state index contributed by atoms with van der Waals surface area (Å²) in [5.41, 5.74) is 4.78. The lowest BCUT2D eigenvalue weighted by Gasteiger charge is -2.10. The molecule has 0 unspecified atom stereocenters. The first-order valence-electron chi connectivity index (χ1n) is 11.1. The Morgan fingerprint density at radius 1 is 0.889 bits per heavy atom. The number of rotatable bonds is 7. The van der Waals surface area contributed by atoms with Gasteiger partial charge in [-0.25, -0.2) is 15.0 Å². The van der Waals surface area contributed by atoms with Crippen molar-refractivity contribution in [1.82, 2.24) is 19.9 Å². The molecule has 0 aliphatic carbocycles. The summed E-state index contributed by atoms with van der Waals surface area (Å²) < 4.78 is 0. The number of carbonyl (C=O) groups is 2. The average Bonchev–Trinajstić information content (AvgIpc) is 3.37. The molecular formula is C27H21N7O2. The van der Waals surface area contributed by atoms with Crippen LogP contribution in [0.2, 0.25) is 0 Å². The highest BCUT2D eigenvalue weighted by molar-refractivity contribution is 6.05. The summed E-state index contributed by atoms with van der Waals surface area (Å²) in [5, 5.41) is 9.70. The molecule has 9 nitrogen and oxygen atoms in total. The van der Waals surface area contributed by atoms with Gasteiger partial charge in [0.15, 0.2) is 0 Å². The van der Waals surface area contributed by atoms with Crippen LogP contribution in [0.15, 0.2) is 98.0 Å². The molecule has 0 radical (unpaired) electrons. The molecule has 36 heavy (non-hydrogen) atoms. The summed E-state index contributed by atoms with van der Waals surface area (Å²) in [6.45, 7) is 3.42. The normalized spacial score (nSPS) is 10.6. The summed E-state index contributed by atoms with van der Waals surface area (Å²) >= 11 is 0. The largest absolute Gasteiger partial charge is 0.346 e. The lowest BCUT2D eigenvalue weighted by Crippen LogP contribution is -2.12. The van der Waals surface area contributed by atoms with Gasteiger partial charge in [-0.1, -0.05) is 12.6 Å². The molecule has 0 saturated heterocycles. The van der Waals surface area contributed by atoms with E-state index in [1.165, 1.54) is 6.08 Å². The van der Waals surface area contributed by atoms with Crippen molar-refractivity contribution in [1.29, 1.82) is 0 Å². The minimum Gasteiger partial charge on any atom is -0.346 e. The lowest BCUT2D eigenvalue weighted by atomic mass is 10.2. The second-order valence-electron chi connectivity index (χ2n) is 7.84. The molecule has 2 aromatic carbocycles. The van der Waals surface area contributed by atoms with Gasteiger partial charge in [0.25, 0.3) is 5.91 Å². The molecule has 0 spiro atoms. The molecule has 9 heteroatoms. The number of hydrogen-bond donors (Lipinski definition) is 4. The fourth-order valence-corrected chi connectivity index (χ4v) is 3.56. The third kappa shape index (κ3) is 5.10. The van der Waals surface area contributed by atoms with Gasteiger partial charge in [0.05, 0.1) is 5.69 Å². The van der Waals surface area contributed by atoms with E-state index in [4.69, 9.17) is 0 Å². The van der Waals surface area contributed by atoms with Crippen LogP contribution in [0.3, 0.4) is 0 Å². The number of amides is 2. The maximum absolute atomic E-state index is 12.7. The van der Waals surface area contributed by atoms with Crippen LogP contribution in [0.1, 0.15) is 10.4 Å². The smallest absolute Gasteiger partial charge is 0.255 e. The molecule has 0 bridgehead atoms. The highest BCUT2D eigenvalue weighted by Gasteiger charge is 2.09. The Morgan fingerprint density at radius 2 is 1.72 bits per heavy atom. The standard InChI is InChI=1S/C27H21N7O2/c1-2-24(35)31-20-8-6-17(7-9-20)26(36)32-21-4-3-5-22(15-21)33-27-29-13-11-23(34-27)19-14-18-10-12-28-25(18)30-16-19/h2-16H,1H2,(H,28,30)(H,31,35)(H,32,36)(H,29,33,34). The van der Waals surface area contributed by atoms with Gasteiger partial charge in [0.2, 0.25) is 11.9 Å². The van der Waals surface area contributed by atoms with Crippen molar-refractivity contribution in [3.8, 4) is 11.3 Å². The van der Waals surface area contributed by atoms with Crippen molar-refractivity contribution >= 4 is 45.9 Å². The molecule has 3 aromatic heterocycles. The van der Waals surface area contributed by atoms with Crippen molar-refractivity contribution in [2.45, 2.75) is 0 Å². The first-order chi connectivity index (χ1) is 17.6. The number of pyridine rings is 1. The van der Waals surface area contributed by atoms with Crippen LogP contribution in [0.5, 0.6) is 0 Å². The number of anilines is 4. The summed E-state index contributed by atoms with van der Waals surface area (Å²) in [6.07, 6.45) is 6.47. The minimum absolute atomic E-state index is 0.278. The highest BCUT2D eigenvalue weighted by atomic mass is 16.2. The Labute approximate surface area is 206 Å². The van der Waals surface area contributed by atoms with Crippen LogP contribution in [0.25, 0.3) is 22.3 Å². The highest BCUT2D eigenvalue weighted by Crippen LogP contribution is 2.23. The minimum atomic E-state index is -0.315. The number of aromatic amines is 1. The second kappa shape index (κ2) is 9.90. The van der Waals surface area contributed by atoms with E-state index in [-0.39, 0.29) is 11.8 Å². The van der Waals surface area contributed by atoms with E-state index in [0.29, 0.717) is 28.6 Å². The quantitative estimate of drug-likeness (QED) is 0.242. The zero-order chi connectivity index (χ0) is 24.9. The molecule has 3 heterocycles. The molecule has 4 N–H and O–H groups in total. The fraction of sp³-hybridized carbons (Fsp3) is 0. The van der Waals surface area contributed by atoms with Gasteiger partial charge < -0.3 is 20.9 Å². The van der Waals surface area contributed by atoms with Gasteiger partial charge in [-0.3, -0.25) is 9.59 Å². The number of H-pyrrole nitrogens is 1. The molecule has 0 atom stereocenters. The van der Waals surface area contributed by atoms with Gasteiger partial charge in [-0.15, -0.1) is 0 Å². The van der Waals surface area contributed by atoms with E-state index in [0.717, 1.165) is 22.3 Å². The summed E-state index contributed by atoms with van der Waals surface area (Å²) in [5.74, 6) is -0.175. The second-order valence-corrected chi connectivity index (χ2v) is 7.84. The van der Waals surface area contributed by atoms with Crippen molar-refractivity contribution in [2.24, 2.45) is 0 Å². The van der Waals surface area contributed by atoms with Crippen LogP contribution in [-0.2, 0) is 4.79 Å². The maximum atomic E-state index is 12.7. The molecule has 0 aliphatic rings. The summed E-state index contributed by atoms with van der Waals surface area (Å²) in [4.78, 5) is 40.5. The van der Waals surface area contributed by atoms with E-state index in [9.17, 15) is 9.59 Å². The molecule has 2 amide bonds. The van der Waals surface area contributed by atoms with Crippen LogP contribution in [0, 0.1) is 0 Å². The van der Waals surface area contributed by atoms with Crippen LogP contribution in [0.4, 0.5) is 23.0 Å². The van der Waals surface area contributed by atoms with Crippen LogP contribution < -0.4 is 16.0 Å². The third-order valence-electron chi connectivity index (χ3n) is 5.33. The number of nitrogens with zero attached hydrogens (tertiary/aromatic N) is 3. The molecule has 176 valence electrons. The van der Waals surface area contributed by atoms with Crippen molar-refractivity contribution < 1.29 is 9.59 Å². The molecule has 0 aliphatic heterocycles. The van der Waals surface area contributed by atoms with Crippen molar-refractivity contribution in [3.05, 3.63) is 104 Å². The first-order valence-corrected chi connectivity index (χ1v) is 11.1. The third-order valence-corrected chi connectivity index (χ3v) is 5.33. The maximum Gasteiger partial charge on any atom is 0.255 e. The predicted molar refractivity (Wildman–Crippen MR) is 140 cm³/mol. The van der Waals surface area contributed by atoms with Crippen LogP contribution >= 0.6 is 0 Å². The number of hydrogen-bond acceptors (Lipinski definition) is 6. The molecule has 5 rings (SSSR count). The number of carbonyl (C=O) groups excluding carboxylic acids is 2. The Hall–Kier alpha value is -5.31. The first kappa shape index (κ1) is 22.5. The number of nitrogens with one attached hydrogen (secondary N) is 4. The van der Waals surface area contributed by atoms with Crippen molar-refractivity contribution in [2.75, 3.05) is 16.0 Å². The van der Waals surface area contributed by atoms with Gasteiger partial charge >= 0.3 is 0 Å². The Bertz CT molecular complexity index is 1570. The fourth-order valence-electron chi connectivity index (χ4n) is 3.56. The topological polar surface area (TPSA) is 125 Å². The Morgan fingerprint density at radius 3 is 2.56 bits per heavy atom. The van der Waals surface area contributed by atoms with E-state index in [1.54, 1.807) is 48.8 Å². The van der Waals surface area contributed by atoms with Gasteiger partial charge in [-0.05, 0) is 66.7 Å². The predicted octanol–water partition coefficient (Wildman–Crippen LogP) is 5.14. The Balaban J connectivity index is 1.28. The van der Waals surface area contributed by atoms with Crippen molar-refractivity contribution in [3.63, 3.8) is 0 Å².